The summed E-state index contributed by atoms with van der Waals surface area (Å²) in [4.78, 5) is 19.4. The third-order valence-electron chi connectivity index (χ3n) is 0.357. The number of carboxylic acid groups (broad SMARTS) is 1. The van der Waals surface area contributed by atoms with Crippen molar-refractivity contribution in [3.8, 4) is 0 Å². The third kappa shape index (κ3) is 4.94. The quantitative estimate of drug-likeness (QED) is 0.493. The predicted molar refractivity (Wildman–Crippen MR) is 24.0 cm³/mol. The Morgan fingerprint density at radius 1 is 1.62 bits per heavy atom. The summed E-state index contributed by atoms with van der Waals surface area (Å²) in [6.07, 6.45) is 0. The predicted octanol–water partition coefficient (Wildman–Crippen LogP) is -0.552. The number of rotatable bonds is 2. The van der Waals surface area contributed by atoms with Gasteiger partial charge in [0.25, 0.3) is 0 Å². The van der Waals surface area contributed by atoms with Crippen LogP contribution in [0.15, 0.2) is 0 Å². The number of carbonyl (C=O) groups excluding carboxylic acids is 1. The van der Waals surface area contributed by atoms with Crippen molar-refractivity contribution in [1.29, 1.82) is 0 Å². The van der Waals surface area contributed by atoms with Gasteiger partial charge in [-0.05, 0) is 0 Å². The monoisotopic (exact) mass is 117 g/mol. The number of aliphatic carboxylic acids is 1. The van der Waals surface area contributed by atoms with E-state index in [-0.39, 0.29) is 0 Å². The van der Waals surface area contributed by atoms with Crippen molar-refractivity contribution in [3.05, 3.63) is 6.92 Å². The molecule has 4 nitrogen and oxygen atoms in total. The van der Waals surface area contributed by atoms with Crippen molar-refractivity contribution in [2.45, 2.75) is 0 Å². The van der Waals surface area contributed by atoms with Crippen LogP contribution in [0.2, 0.25) is 0 Å². The van der Waals surface area contributed by atoms with Crippen LogP contribution in [0.1, 0.15) is 0 Å². The molecule has 0 heterocycles. The van der Waals surface area contributed by atoms with Crippen LogP contribution in [0.4, 0.5) is 0 Å². The zero-order chi connectivity index (χ0) is 6.57. The number of ether oxygens (including phenoxy) is 1. The summed E-state index contributed by atoms with van der Waals surface area (Å²) in [5, 5.41) is 7.86. The van der Waals surface area contributed by atoms with E-state index in [4.69, 9.17) is 5.11 Å². The second-order valence-corrected chi connectivity index (χ2v) is 1.05. The fraction of sp³-hybridized carbons (Fsp3) is 0.250. The topological polar surface area (TPSA) is 63.6 Å². The second kappa shape index (κ2) is 3.01. The van der Waals surface area contributed by atoms with Gasteiger partial charge in [-0.3, -0.25) is 4.79 Å². The Labute approximate surface area is 46.1 Å². The van der Waals surface area contributed by atoms with Gasteiger partial charge in [-0.15, -0.1) is 0 Å². The lowest BCUT2D eigenvalue weighted by Gasteiger charge is -1.92. The molecule has 0 saturated carbocycles. The molecule has 0 atom stereocenters. The zero-order valence-corrected chi connectivity index (χ0v) is 4.09. The molecule has 1 N–H and O–H groups in total. The molecule has 0 rings (SSSR count). The van der Waals surface area contributed by atoms with Crippen molar-refractivity contribution in [1.82, 2.24) is 0 Å². The van der Waals surface area contributed by atoms with E-state index in [0.717, 1.165) is 0 Å². The molecule has 0 aromatic rings. The van der Waals surface area contributed by atoms with E-state index in [2.05, 4.69) is 11.7 Å². The van der Waals surface area contributed by atoms with E-state index in [1.54, 1.807) is 0 Å². The molecule has 4 heteroatoms. The fourth-order valence-electron chi connectivity index (χ4n) is 0.142. The number of hydrogen-bond acceptors (Lipinski definition) is 3. The minimum atomic E-state index is -1.18. The Bertz CT molecular complexity index is 92.6. The van der Waals surface area contributed by atoms with Crippen molar-refractivity contribution in [2.24, 2.45) is 0 Å². The molecule has 0 saturated heterocycles. The molecule has 1 radical (unpaired) electrons. The summed E-state index contributed by atoms with van der Waals surface area (Å²) in [6, 6.07) is 0. The SMILES string of the molecule is [CH2]C(=O)OCC(=O)O. The van der Waals surface area contributed by atoms with Gasteiger partial charge in [0, 0.05) is 0 Å². The summed E-state index contributed by atoms with van der Waals surface area (Å²) < 4.78 is 3.95. The fourth-order valence-corrected chi connectivity index (χ4v) is 0.142. The Morgan fingerprint density at radius 3 is 2.25 bits per heavy atom. The Balaban J connectivity index is 3.18. The van der Waals surface area contributed by atoms with Gasteiger partial charge in [0.15, 0.2) is 6.61 Å². The Hall–Kier alpha value is -1.06. The molecule has 0 aliphatic rings. The highest BCUT2D eigenvalue weighted by Gasteiger charge is 1.97. The van der Waals surface area contributed by atoms with E-state index in [1.807, 2.05) is 0 Å². The van der Waals surface area contributed by atoms with Gasteiger partial charge >= 0.3 is 11.9 Å². The summed E-state index contributed by atoms with van der Waals surface area (Å²) in [5.41, 5.74) is 0. The van der Waals surface area contributed by atoms with Gasteiger partial charge in [-0.2, -0.15) is 0 Å². The summed E-state index contributed by atoms with van der Waals surface area (Å²) in [6.45, 7) is 2.18. The molecule has 8 heavy (non-hydrogen) atoms. The molecule has 0 aliphatic carbocycles. The van der Waals surface area contributed by atoms with E-state index < -0.39 is 18.5 Å². The van der Waals surface area contributed by atoms with E-state index in [9.17, 15) is 9.59 Å². The standard InChI is InChI=1S/C4H5O4/c1-3(5)8-2-4(6)7/h1-2H2,(H,6,7). The van der Waals surface area contributed by atoms with Gasteiger partial charge < -0.3 is 9.84 Å². The maximum absolute atomic E-state index is 9.75. The lowest BCUT2D eigenvalue weighted by molar-refractivity contribution is -0.151. The first kappa shape index (κ1) is 6.94. The number of hydrogen-bond donors (Lipinski definition) is 1. The minimum absolute atomic E-state index is 0.609. The van der Waals surface area contributed by atoms with Gasteiger partial charge in [-0.25, -0.2) is 4.79 Å². The summed E-state index contributed by atoms with van der Waals surface area (Å²) in [7, 11) is 0. The molecule has 0 unspecified atom stereocenters. The van der Waals surface area contributed by atoms with Crippen LogP contribution in [0.25, 0.3) is 0 Å². The van der Waals surface area contributed by atoms with E-state index in [0.29, 0.717) is 0 Å². The molecule has 0 amide bonds. The second-order valence-electron chi connectivity index (χ2n) is 1.05. The van der Waals surface area contributed by atoms with E-state index in [1.165, 1.54) is 0 Å². The molecule has 0 aromatic heterocycles. The minimum Gasteiger partial charge on any atom is -0.479 e. The van der Waals surface area contributed by atoms with Crippen molar-refractivity contribution in [3.63, 3.8) is 0 Å². The molecule has 0 fully saturated rings. The zero-order valence-electron chi connectivity index (χ0n) is 4.09. The van der Waals surface area contributed by atoms with Crippen molar-refractivity contribution >= 4 is 11.9 Å². The van der Waals surface area contributed by atoms with Crippen LogP contribution < -0.4 is 0 Å². The molecule has 45 valence electrons. The van der Waals surface area contributed by atoms with Crippen molar-refractivity contribution in [2.75, 3.05) is 6.61 Å². The number of carbonyl (C=O) groups is 2. The molecule has 0 spiro atoms. The highest BCUT2D eigenvalue weighted by Crippen LogP contribution is 1.72. The smallest absolute Gasteiger partial charge is 0.341 e. The van der Waals surface area contributed by atoms with Gasteiger partial charge in [0.1, 0.15) is 0 Å². The first-order valence-corrected chi connectivity index (χ1v) is 1.83. The summed E-state index contributed by atoms with van der Waals surface area (Å²) >= 11 is 0. The lowest BCUT2D eigenvalue weighted by atomic mass is 10.7. The largest absolute Gasteiger partial charge is 0.479 e. The Morgan fingerprint density at radius 2 is 2.12 bits per heavy atom. The molecule has 0 bridgehead atoms. The average Bonchev–Trinajstić information content (AvgIpc) is 1.61. The molecular formula is C4H5O4. The van der Waals surface area contributed by atoms with Gasteiger partial charge in [0.05, 0.1) is 6.92 Å². The first-order valence-electron chi connectivity index (χ1n) is 1.83. The van der Waals surface area contributed by atoms with Crippen LogP contribution in [0.3, 0.4) is 0 Å². The molecular weight excluding hydrogens is 112 g/mol. The van der Waals surface area contributed by atoms with Crippen LogP contribution >= 0.6 is 0 Å². The summed E-state index contributed by atoms with van der Waals surface area (Å²) in [5.74, 6) is -2.01. The maximum atomic E-state index is 9.75. The molecule has 0 aliphatic heterocycles. The van der Waals surface area contributed by atoms with Crippen LogP contribution in [-0.4, -0.2) is 23.7 Å². The number of esters is 1. The lowest BCUT2D eigenvalue weighted by Crippen LogP contribution is -2.09. The average molecular weight is 117 g/mol. The van der Waals surface area contributed by atoms with Gasteiger partial charge in [-0.1, -0.05) is 0 Å². The van der Waals surface area contributed by atoms with Gasteiger partial charge in [0.2, 0.25) is 0 Å². The Kier molecular flexibility index (Phi) is 2.61. The third-order valence-corrected chi connectivity index (χ3v) is 0.357. The van der Waals surface area contributed by atoms with Crippen LogP contribution in [-0.2, 0) is 14.3 Å². The highest BCUT2D eigenvalue weighted by atomic mass is 16.5. The van der Waals surface area contributed by atoms with E-state index >= 15 is 0 Å². The van der Waals surface area contributed by atoms with Crippen LogP contribution in [0.5, 0.6) is 0 Å². The maximum Gasteiger partial charge on any atom is 0.341 e. The first-order chi connectivity index (χ1) is 3.63. The van der Waals surface area contributed by atoms with Crippen molar-refractivity contribution < 1.29 is 19.4 Å². The number of carboxylic acids is 1. The molecule has 0 aromatic carbocycles. The normalized spacial score (nSPS) is 8.12. The highest BCUT2D eigenvalue weighted by molar-refractivity contribution is 5.77. The van der Waals surface area contributed by atoms with Crippen LogP contribution in [0, 0.1) is 6.92 Å².